The first-order valence-electron chi connectivity index (χ1n) is 11.7. The molecule has 5 nitrogen and oxygen atoms in total. The molecule has 0 aromatic rings. The zero-order chi connectivity index (χ0) is 24.3. The first-order valence-corrected chi connectivity index (χ1v) is 12.7. The zero-order valence-corrected chi connectivity index (χ0v) is 20.3. The van der Waals surface area contributed by atoms with E-state index in [1.165, 1.54) is 12.2 Å². The summed E-state index contributed by atoms with van der Waals surface area (Å²) in [6.45, 7) is 7.16. The average molecular weight is 483 g/mol. The van der Waals surface area contributed by atoms with Crippen molar-refractivity contribution in [1.29, 1.82) is 0 Å². The summed E-state index contributed by atoms with van der Waals surface area (Å²) in [5, 5.41) is 10.9. The van der Waals surface area contributed by atoms with Gasteiger partial charge < -0.3 is 9.84 Å². The lowest BCUT2D eigenvalue weighted by molar-refractivity contribution is -0.200. The summed E-state index contributed by atoms with van der Waals surface area (Å²) in [4.78, 5) is 37.8. The van der Waals surface area contributed by atoms with Gasteiger partial charge in [-0.25, -0.2) is 8.78 Å². The molecule has 33 heavy (non-hydrogen) atoms. The summed E-state index contributed by atoms with van der Waals surface area (Å²) in [7, 11) is 0. The number of thioether (sulfide) groups is 1. The lowest BCUT2D eigenvalue weighted by Gasteiger charge is -2.60. The average Bonchev–Trinajstić information content (AvgIpc) is 2.96. The molecule has 182 valence electrons. The van der Waals surface area contributed by atoms with Gasteiger partial charge in [-0.2, -0.15) is 0 Å². The largest absolute Gasteiger partial charge is 0.449 e. The Bertz CT molecular complexity index is 934. The first-order chi connectivity index (χ1) is 15.5. The molecule has 0 aromatic carbocycles. The maximum atomic E-state index is 15.5. The van der Waals surface area contributed by atoms with E-state index in [1.807, 2.05) is 20.8 Å². The molecule has 3 saturated carbocycles. The van der Waals surface area contributed by atoms with Gasteiger partial charge >= 0.3 is 5.97 Å². The number of alkyl halides is 2. The van der Waals surface area contributed by atoms with E-state index in [-0.39, 0.29) is 42.8 Å². The van der Waals surface area contributed by atoms with Crippen molar-refractivity contribution in [2.45, 2.75) is 71.3 Å². The molecule has 0 spiro atoms. The Morgan fingerprint density at radius 3 is 2.64 bits per heavy atom. The van der Waals surface area contributed by atoms with E-state index in [4.69, 9.17) is 4.74 Å². The number of esters is 1. The van der Waals surface area contributed by atoms with Crippen molar-refractivity contribution in [1.82, 2.24) is 0 Å². The van der Waals surface area contributed by atoms with Crippen LogP contribution in [0.2, 0.25) is 0 Å². The predicted molar refractivity (Wildman–Crippen MR) is 121 cm³/mol. The van der Waals surface area contributed by atoms with Crippen LogP contribution >= 0.6 is 11.8 Å². The molecule has 0 saturated heterocycles. The molecule has 0 aromatic heterocycles. The highest BCUT2D eigenvalue weighted by atomic mass is 32.2. The minimum Gasteiger partial charge on any atom is -0.449 e. The summed E-state index contributed by atoms with van der Waals surface area (Å²) in [6, 6.07) is -0.941. The minimum atomic E-state index is -1.59. The van der Waals surface area contributed by atoms with Gasteiger partial charge in [-0.15, -0.1) is 0 Å². The lowest BCUT2D eigenvalue weighted by atomic mass is 9.46. The van der Waals surface area contributed by atoms with E-state index < -0.39 is 51.7 Å². The van der Waals surface area contributed by atoms with Gasteiger partial charge in [0.1, 0.15) is 12.2 Å². The van der Waals surface area contributed by atoms with Crippen molar-refractivity contribution in [3.63, 3.8) is 0 Å². The number of rotatable bonds is 4. The molecule has 4 aliphatic rings. The molecule has 0 aliphatic heterocycles. The Labute approximate surface area is 197 Å². The number of ketones is 1. The van der Waals surface area contributed by atoms with Crippen molar-refractivity contribution < 1.29 is 33.0 Å². The number of hydrogen-bond acceptors (Lipinski definition) is 6. The van der Waals surface area contributed by atoms with Crippen LogP contribution in [0.3, 0.4) is 0 Å². The standard InChI is InChI=1S/C25H32F2O5S/c1-5-20(30)32-25(22(31)33-12-26)13(2)8-16-15-10-18(27)17-9-14(28)6-7-23(17,3)21(15)19(29)11-24(16,25)4/h6-7,9,13,15-16,18-19,21,29H,5,8,10-12H2,1-4H3/t13-,15+,16+,18+,19+,21-,23+,24+,25+/m1/s1. The number of carbonyl (C=O) groups excluding carboxylic acids is 3. The third-order valence-electron chi connectivity index (χ3n) is 9.07. The number of aliphatic hydroxyl groups is 1. The summed E-state index contributed by atoms with van der Waals surface area (Å²) in [5.74, 6) is -2.06. The van der Waals surface area contributed by atoms with E-state index in [1.54, 1.807) is 13.0 Å². The number of carbonyl (C=O) groups is 3. The Balaban J connectivity index is 1.82. The fourth-order valence-corrected chi connectivity index (χ4v) is 8.54. The van der Waals surface area contributed by atoms with Crippen LogP contribution in [0.25, 0.3) is 0 Å². The number of ether oxygens (including phenoxy) is 1. The van der Waals surface area contributed by atoms with Gasteiger partial charge in [0.15, 0.2) is 11.4 Å². The van der Waals surface area contributed by atoms with Crippen molar-refractivity contribution in [3.05, 3.63) is 23.8 Å². The highest BCUT2D eigenvalue weighted by Crippen LogP contribution is 2.69. The number of fused-ring (bicyclic) bond motifs is 5. The SMILES string of the molecule is CCC(=O)O[C@]1(C(=O)SCF)[C@H](C)C[C@H]2[C@@H]3C[C@H](F)C4=CC(=O)C=C[C@]4(C)[C@H]3[C@@H](O)C[C@@]21C. The molecule has 0 unspecified atom stereocenters. The topological polar surface area (TPSA) is 80.7 Å². The molecule has 0 radical (unpaired) electrons. The second kappa shape index (κ2) is 8.29. The Hall–Kier alpha value is -1.54. The van der Waals surface area contributed by atoms with Crippen LogP contribution in [0.5, 0.6) is 0 Å². The molecule has 1 N–H and O–H groups in total. The zero-order valence-electron chi connectivity index (χ0n) is 19.5. The summed E-state index contributed by atoms with van der Waals surface area (Å²) in [6.07, 6.45) is 3.10. The van der Waals surface area contributed by atoms with Crippen LogP contribution in [0.15, 0.2) is 23.8 Å². The van der Waals surface area contributed by atoms with Gasteiger partial charge in [0, 0.05) is 29.1 Å². The lowest BCUT2D eigenvalue weighted by Crippen LogP contribution is -2.64. The predicted octanol–water partition coefficient (Wildman–Crippen LogP) is 4.34. The number of halogens is 2. The third kappa shape index (κ3) is 3.30. The fourth-order valence-electron chi connectivity index (χ4n) is 7.76. The Kier molecular flexibility index (Phi) is 6.18. The Morgan fingerprint density at radius 1 is 1.30 bits per heavy atom. The smallest absolute Gasteiger partial charge is 0.306 e. The van der Waals surface area contributed by atoms with E-state index in [0.717, 1.165) is 0 Å². The number of hydrogen-bond donors (Lipinski definition) is 1. The van der Waals surface area contributed by atoms with Gasteiger partial charge in [0.2, 0.25) is 5.12 Å². The molecule has 4 aliphatic carbocycles. The molecular weight excluding hydrogens is 450 g/mol. The van der Waals surface area contributed by atoms with Gasteiger partial charge in [0.25, 0.3) is 0 Å². The minimum absolute atomic E-state index is 0.0645. The van der Waals surface area contributed by atoms with Crippen LogP contribution in [-0.4, -0.2) is 45.9 Å². The van der Waals surface area contributed by atoms with Crippen LogP contribution < -0.4 is 0 Å². The van der Waals surface area contributed by atoms with Crippen molar-refractivity contribution >= 4 is 28.6 Å². The highest BCUT2D eigenvalue weighted by Gasteiger charge is 2.73. The summed E-state index contributed by atoms with van der Waals surface area (Å²) >= 11 is 0.490. The second-order valence-corrected chi connectivity index (χ2v) is 11.4. The summed E-state index contributed by atoms with van der Waals surface area (Å²) < 4.78 is 34.7. The van der Waals surface area contributed by atoms with E-state index in [0.29, 0.717) is 23.8 Å². The maximum absolute atomic E-state index is 15.5. The normalized spacial score (nSPS) is 46.2. The molecule has 4 rings (SSSR count). The number of allylic oxidation sites excluding steroid dienone is 4. The van der Waals surface area contributed by atoms with Gasteiger partial charge in [-0.05, 0) is 60.6 Å². The highest BCUT2D eigenvalue weighted by molar-refractivity contribution is 8.13. The van der Waals surface area contributed by atoms with Crippen LogP contribution in [0, 0.1) is 34.5 Å². The molecule has 9 atom stereocenters. The molecule has 0 amide bonds. The fraction of sp³-hybridized carbons (Fsp3) is 0.720. The van der Waals surface area contributed by atoms with Crippen LogP contribution in [-0.2, 0) is 19.1 Å². The van der Waals surface area contributed by atoms with Crippen LogP contribution in [0.4, 0.5) is 8.78 Å². The molecule has 3 fully saturated rings. The molecule has 0 bridgehead atoms. The van der Waals surface area contributed by atoms with E-state index in [2.05, 4.69) is 0 Å². The Morgan fingerprint density at radius 2 is 2.00 bits per heavy atom. The van der Waals surface area contributed by atoms with E-state index >= 15 is 4.39 Å². The molecule has 8 heteroatoms. The summed E-state index contributed by atoms with van der Waals surface area (Å²) in [5.41, 5.74) is -2.97. The second-order valence-electron chi connectivity index (χ2n) is 10.5. The van der Waals surface area contributed by atoms with Gasteiger partial charge in [-0.1, -0.05) is 33.8 Å². The maximum Gasteiger partial charge on any atom is 0.306 e. The number of aliphatic hydroxyl groups excluding tert-OH is 1. The molecular formula is C25H32F2O5S. The first kappa shape index (κ1) is 24.6. The van der Waals surface area contributed by atoms with Crippen molar-refractivity contribution in [2.24, 2.45) is 34.5 Å². The van der Waals surface area contributed by atoms with Gasteiger partial charge in [-0.3, -0.25) is 14.4 Å². The third-order valence-corrected chi connectivity index (χ3v) is 9.74. The van der Waals surface area contributed by atoms with Crippen molar-refractivity contribution in [3.8, 4) is 0 Å². The van der Waals surface area contributed by atoms with Crippen molar-refractivity contribution in [2.75, 3.05) is 6.01 Å². The van der Waals surface area contributed by atoms with E-state index in [9.17, 15) is 23.9 Å². The molecule has 0 heterocycles. The quantitative estimate of drug-likeness (QED) is 0.601. The van der Waals surface area contributed by atoms with Gasteiger partial charge in [0.05, 0.1) is 6.10 Å². The van der Waals surface area contributed by atoms with Crippen LogP contribution in [0.1, 0.15) is 53.4 Å². The monoisotopic (exact) mass is 482 g/mol.